The Morgan fingerprint density at radius 3 is 1.69 bits per heavy atom. The first-order valence-corrected chi connectivity index (χ1v) is 15.5. The molecule has 0 aromatic heterocycles. The molecule has 2 amide bonds. The quantitative estimate of drug-likeness (QED) is 0.0423. The molecule has 0 saturated carbocycles. The van der Waals surface area contributed by atoms with Crippen molar-refractivity contribution >= 4 is 23.8 Å². The van der Waals surface area contributed by atoms with Crippen LogP contribution in [0.5, 0.6) is 0 Å². The van der Waals surface area contributed by atoms with Crippen molar-refractivity contribution in [2.45, 2.75) is 76.7 Å². The zero-order chi connectivity index (χ0) is 33.6. The van der Waals surface area contributed by atoms with Crippen LogP contribution in [0.4, 0.5) is 0 Å². The molecule has 0 aliphatic heterocycles. The highest BCUT2D eigenvalue weighted by atomic mass is 16.5. The topological polar surface area (TPSA) is 162 Å². The van der Waals surface area contributed by atoms with Gasteiger partial charge in [0.1, 0.15) is 5.54 Å². The van der Waals surface area contributed by atoms with Crippen LogP contribution in [0.1, 0.15) is 71.1 Å². The van der Waals surface area contributed by atoms with Crippen molar-refractivity contribution in [3.8, 4) is 0 Å². The number of hydrogen-bond donors (Lipinski definition) is 5. The van der Waals surface area contributed by atoms with Gasteiger partial charge in [-0.15, -0.1) is 0 Å². The van der Waals surface area contributed by atoms with Crippen LogP contribution in [0.2, 0.25) is 0 Å². The van der Waals surface area contributed by atoms with Gasteiger partial charge in [-0.25, -0.2) is 9.59 Å². The Labute approximate surface area is 268 Å². The molecule has 45 heavy (non-hydrogen) atoms. The monoisotopic (exact) mass is 628 g/mol. The van der Waals surface area contributed by atoms with Gasteiger partial charge in [0.2, 0.25) is 11.8 Å². The minimum Gasteiger partial charge on any atom is -0.479 e. The van der Waals surface area contributed by atoms with E-state index in [0.717, 1.165) is 44.3 Å². The number of aliphatic hydroxyl groups excluding tert-OH is 2. The zero-order valence-corrected chi connectivity index (χ0v) is 26.7. The van der Waals surface area contributed by atoms with Crippen molar-refractivity contribution < 1.29 is 39.2 Å². The normalized spacial score (nSPS) is 13.8. The molecule has 250 valence electrons. The molecule has 1 atom stereocenters. The van der Waals surface area contributed by atoms with Crippen LogP contribution in [-0.4, -0.2) is 71.5 Å². The molecule has 0 aliphatic rings. The first kappa shape index (κ1) is 41.0. The largest absolute Gasteiger partial charge is 0.479 e. The minimum atomic E-state index is -1.92. The van der Waals surface area contributed by atoms with Crippen molar-refractivity contribution in [3.05, 3.63) is 85.1 Å². The summed E-state index contributed by atoms with van der Waals surface area (Å²) in [7, 11) is 1.17. The lowest BCUT2D eigenvalue weighted by atomic mass is 9.80. The Balaban J connectivity index is 4.59. The fraction of sp³-hybridized carbons (Fsp3) is 0.486. The number of aliphatic hydroxyl groups is 2. The summed E-state index contributed by atoms with van der Waals surface area (Å²) in [5, 5.41) is 34.5. The maximum absolute atomic E-state index is 12.7. The summed E-state index contributed by atoms with van der Waals surface area (Å²) in [5.74, 6) is -4.36. The van der Waals surface area contributed by atoms with E-state index in [0.29, 0.717) is 12.8 Å². The van der Waals surface area contributed by atoms with E-state index in [2.05, 4.69) is 77.0 Å². The second-order valence-corrected chi connectivity index (χ2v) is 10.1. The van der Waals surface area contributed by atoms with Crippen LogP contribution in [0.15, 0.2) is 85.1 Å². The van der Waals surface area contributed by atoms with E-state index < -0.39 is 48.4 Å². The Morgan fingerprint density at radius 1 is 0.756 bits per heavy atom. The molecular weight excluding hydrogens is 576 g/mol. The van der Waals surface area contributed by atoms with Gasteiger partial charge in [-0.1, -0.05) is 79.8 Å². The first-order valence-electron chi connectivity index (χ1n) is 15.5. The third-order valence-electron chi connectivity index (χ3n) is 6.64. The number of nitrogens with one attached hydrogen (secondary N) is 2. The predicted octanol–water partition coefficient (Wildman–Crippen LogP) is 4.63. The van der Waals surface area contributed by atoms with Gasteiger partial charge in [0.15, 0.2) is 0 Å². The number of carboxylic acid groups (broad SMARTS) is 1. The Morgan fingerprint density at radius 2 is 1.24 bits per heavy atom. The Bertz CT molecular complexity index is 1070. The van der Waals surface area contributed by atoms with Crippen molar-refractivity contribution in [3.63, 3.8) is 0 Å². The lowest BCUT2D eigenvalue weighted by Gasteiger charge is -2.36. The van der Waals surface area contributed by atoms with E-state index in [9.17, 15) is 34.5 Å². The molecule has 0 radical (unpaired) electrons. The molecule has 0 fully saturated rings. The van der Waals surface area contributed by atoms with E-state index in [1.807, 2.05) is 18.2 Å². The van der Waals surface area contributed by atoms with Crippen LogP contribution in [0.25, 0.3) is 0 Å². The maximum Gasteiger partial charge on any atom is 0.330 e. The third kappa shape index (κ3) is 20.5. The summed E-state index contributed by atoms with van der Waals surface area (Å²) in [6.45, 7) is 0.839. The van der Waals surface area contributed by atoms with Gasteiger partial charge >= 0.3 is 11.9 Å². The molecule has 0 spiro atoms. The summed E-state index contributed by atoms with van der Waals surface area (Å²) in [4.78, 5) is 47.8. The number of allylic oxidation sites excluding steroid dienone is 12. The van der Waals surface area contributed by atoms with E-state index in [1.165, 1.54) is 7.11 Å². The fourth-order valence-corrected chi connectivity index (χ4v) is 4.09. The highest BCUT2D eigenvalue weighted by Gasteiger charge is 2.46. The van der Waals surface area contributed by atoms with Gasteiger partial charge in [0.05, 0.1) is 20.3 Å². The van der Waals surface area contributed by atoms with E-state index in [1.54, 1.807) is 0 Å². The molecule has 0 aromatic rings. The summed E-state index contributed by atoms with van der Waals surface area (Å²) in [5.41, 5.74) is -1.92. The molecule has 5 N–H and O–H groups in total. The molecule has 0 rings (SSSR count). The summed E-state index contributed by atoms with van der Waals surface area (Å²) in [6.07, 6.45) is 32.8. The number of aliphatic carboxylic acids is 1. The van der Waals surface area contributed by atoms with Gasteiger partial charge in [0, 0.05) is 31.0 Å². The number of amides is 2. The number of carbonyl (C=O) groups is 4. The smallest absolute Gasteiger partial charge is 0.330 e. The van der Waals surface area contributed by atoms with E-state index >= 15 is 0 Å². The third-order valence-corrected chi connectivity index (χ3v) is 6.64. The summed E-state index contributed by atoms with van der Waals surface area (Å²) < 4.78 is 4.40. The predicted molar refractivity (Wildman–Crippen MR) is 177 cm³/mol. The number of rotatable bonds is 25. The summed E-state index contributed by atoms with van der Waals surface area (Å²) >= 11 is 0. The van der Waals surface area contributed by atoms with Gasteiger partial charge in [-0.2, -0.15) is 0 Å². The molecule has 10 nitrogen and oxygen atoms in total. The maximum atomic E-state index is 12.7. The summed E-state index contributed by atoms with van der Waals surface area (Å²) in [6, 6.07) is 0. The Kier molecular flexibility index (Phi) is 25.1. The number of esters is 1. The molecule has 0 aliphatic carbocycles. The van der Waals surface area contributed by atoms with Crippen molar-refractivity contribution in [2.24, 2.45) is 5.92 Å². The molecule has 0 aromatic carbocycles. The van der Waals surface area contributed by atoms with Gasteiger partial charge in [-0.3, -0.25) is 9.59 Å². The van der Waals surface area contributed by atoms with Crippen molar-refractivity contribution in [2.75, 3.05) is 26.9 Å². The highest BCUT2D eigenvalue weighted by Crippen LogP contribution is 2.24. The van der Waals surface area contributed by atoms with Crippen LogP contribution in [-0.2, 0) is 23.9 Å². The molecule has 10 heteroatoms. The number of methoxy groups -OCH3 is 1. The highest BCUT2D eigenvalue weighted by molar-refractivity contribution is 5.94. The molecule has 0 saturated heterocycles. The number of hydrogen-bond acceptors (Lipinski definition) is 7. The van der Waals surface area contributed by atoms with E-state index in [-0.39, 0.29) is 25.8 Å². The fourth-order valence-electron chi connectivity index (χ4n) is 4.09. The molecular formula is C35H52N2O8. The van der Waals surface area contributed by atoms with Crippen LogP contribution < -0.4 is 10.6 Å². The zero-order valence-electron chi connectivity index (χ0n) is 26.7. The number of ether oxygens (including phenoxy) is 1. The second kappa shape index (κ2) is 27.5. The minimum absolute atomic E-state index is 0.0236. The van der Waals surface area contributed by atoms with Crippen LogP contribution in [0, 0.1) is 5.92 Å². The molecule has 0 heterocycles. The SMILES string of the molecule is CC/C=C\C/C=C\C/C=C\C/C=C\C/C=C\C/C=C\CCC(=O)N[C@@](CCCNC(=O)/C=C/C(=O)OC)(C(=O)O)C(CO)CO. The second-order valence-electron chi connectivity index (χ2n) is 10.1. The van der Waals surface area contributed by atoms with Gasteiger partial charge in [-0.05, 0) is 57.8 Å². The van der Waals surface area contributed by atoms with Gasteiger partial charge < -0.3 is 30.7 Å². The lowest BCUT2D eigenvalue weighted by molar-refractivity contribution is -0.153. The lowest BCUT2D eigenvalue weighted by Crippen LogP contribution is -2.61. The number of carbonyl (C=O) groups excluding carboxylic acids is 3. The average Bonchev–Trinajstić information content (AvgIpc) is 3.03. The van der Waals surface area contributed by atoms with Crippen LogP contribution in [0.3, 0.4) is 0 Å². The average molecular weight is 629 g/mol. The Hall–Kier alpha value is -4.02. The molecule has 0 unspecified atom stereocenters. The van der Waals surface area contributed by atoms with Gasteiger partial charge in [0.25, 0.3) is 0 Å². The van der Waals surface area contributed by atoms with Crippen molar-refractivity contribution in [1.29, 1.82) is 0 Å². The molecule has 0 bridgehead atoms. The van der Waals surface area contributed by atoms with E-state index in [4.69, 9.17) is 0 Å². The first-order chi connectivity index (χ1) is 21.8. The van der Waals surface area contributed by atoms with Crippen LogP contribution >= 0.6 is 0 Å². The standard InChI is InChI=1S/C35H52N2O8/c1-3-4-5-6-7-8-9-10-11-12-13-14-15-16-17-18-19-20-21-23-32(41)37-35(34(43)44,30(28-38)29-39)26-22-27-36-31(40)24-25-33(42)45-2/h4-5,7-8,10-11,13-14,16-17,19-20,24-25,30,38-39H,3,6,9,12,15,18,21-23,26-29H2,1-2H3,(H,36,40)(H,37,41)(H,43,44)/b5-4-,8-7-,11-10-,14-13-,17-16-,20-19-,25-24+/t35-/m1/s1. The van der Waals surface area contributed by atoms with Crippen molar-refractivity contribution in [1.82, 2.24) is 10.6 Å². The number of carboxylic acids is 1.